The second-order valence-corrected chi connectivity index (χ2v) is 5.77. The number of carbonyl (C=O) groups is 3. The molecule has 0 bridgehead atoms. The summed E-state index contributed by atoms with van der Waals surface area (Å²) in [5.41, 5.74) is 0. The minimum absolute atomic E-state index is 0.0222. The SMILES string of the molecule is C=CC[N+]1=C(SCC(C)=O)N=C2C1C(=O)N(C)C(=O)N2C. The fourth-order valence-corrected chi connectivity index (χ4v) is 3.02. The summed E-state index contributed by atoms with van der Waals surface area (Å²) < 4.78 is 1.76. The number of amides is 3. The van der Waals surface area contributed by atoms with Crippen LogP contribution in [0.4, 0.5) is 4.79 Å². The van der Waals surface area contributed by atoms with E-state index in [9.17, 15) is 14.4 Å². The van der Waals surface area contributed by atoms with Crippen molar-refractivity contribution in [1.29, 1.82) is 0 Å². The van der Waals surface area contributed by atoms with Crippen molar-refractivity contribution < 1.29 is 19.0 Å². The highest BCUT2D eigenvalue weighted by molar-refractivity contribution is 8.14. The van der Waals surface area contributed by atoms with Gasteiger partial charge in [0.25, 0.3) is 17.8 Å². The normalized spacial score (nSPS) is 21.7. The molecule has 1 unspecified atom stereocenters. The van der Waals surface area contributed by atoms with Gasteiger partial charge >= 0.3 is 11.2 Å². The summed E-state index contributed by atoms with van der Waals surface area (Å²) in [7, 11) is 3.03. The molecule has 1 atom stereocenters. The fourth-order valence-electron chi connectivity index (χ4n) is 2.18. The third-order valence-electron chi connectivity index (χ3n) is 3.22. The minimum atomic E-state index is -0.634. The average Bonchev–Trinajstić information content (AvgIpc) is 2.80. The molecule has 0 aromatic rings. The zero-order valence-corrected chi connectivity index (χ0v) is 13.0. The molecule has 2 heterocycles. The van der Waals surface area contributed by atoms with E-state index in [1.54, 1.807) is 17.7 Å². The first-order valence-electron chi connectivity index (χ1n) is 6.39. The monoisotopic (exact) mass is 309 g/mol. The van der Waals surface area contributed by atoms with Crippen molar-refractivity contribution in [2.45, 2.75) is 13.0 Å². The molecule has 0 aromatic heterocycles. The van der Waals surface area contributed by atoms with Crippen LogP contribution in [-0.2, 0) is 9.59 Å². The number of imide groups is 1. The largest absolute Gasteiger partial charge is 0.358 e. The Morgan fingerprint density at radius 1 is 1.43 bits per heavy atom. The molecule has 0 spiro atoms. The molecule has 3 amide bonds. The number of ketones is 1. The van der Waals surface area contributed by atoms with Gasteiger partial charge in [0, 0.05) is 14.1 Å². The third-order valence-corrected chi connectivity index (χ3v) is 4.36. The maximum atomic E-state index is 12.4. The Morgan fingerprint density at radius 2 is 2.10 bits per heavy atom. The van der Waals surface area contributed by atoms with Gasteiger partial charge in [0.05, 0.1) is 5.75 Å². The number of Topliss-reactive ketones (excluding diaryl/α,β-unsaturated/α-hetero) is 1. The van der Waals surface area contributed by atoms with Crippen LogP contribution in [-0.4, -0.2) is 75.5 Å². The van der Waals surface area contributed by atoms with E-state index in [-0.39, 0.29) is 17.4 Å². The Balaban J connectivity index is 2.40. The van der Waals surface area contributed by atoms with Gasteiger partial charge in [-0.1, -0.05) is 12.7 Å². The van der Waals surface area contributed by atoms with Crippen LogP contribution in [0.25, 0.3) is 0 Å². The Labute approximate surface area is 127 Å². The van der Waals surface area contributed by atoms with Crippen molar-refractivity contribution in [2.75, 3.05) is 26.4 Å². The first kappa shape index (κ1) is 15.4. The first-order valence-corrected chi connectivity index (χ1v) is 7.37. The molecule has 0 aromatic carbocycles. The number of rotatable bonds is 4. The van der Waals surface area contributed by atoms with E-state index in [0.29, 0.717) is 17.5 Å². The standard InChI is InChI=1S/C13H17N4O3S/c1-5-6-17-9-10(14-12(17)21-7-8(2)18)15(3)13(20)16(4)11(9)19/h5,9H,1,6-7H2,2-4H3/q+1. The second-order valence-electron chi connectivity index (χ2n) is 4.83. The van der Waals surface area contributed by atoms with E-state index >= 15 is 0 Å². The van der Waals surface area contributed by atoms with E-state index in [1.807, 2.05) is 0 Å². The van der Waals surface area contributed by atoms with Crippen molar-refractivity contribution >= 4 is 40.5 Å². The highest BCUT2D eigenvalue weighted by Gasteiger charge is 2.52. The van der Waals surface area contributed by atoms with Crippen LogP contribution in [0.2, 0.25) is 0 Å². The summed E-state index contributed by atoms with van der Waals surface area (Å²) in [6, 6.07) is -1.04. The molecule has 1 saturated heterocycles. The number of aliphatic imine (C=N–C) groups is 1. The van der Waals surface area contributed by atoms with E-state index in [4.69, 9.17) is 0 Å². The van der Waals surface area contributed by atoms with E-state index in [2.05, 4.69) is 11.6 Å². The lowest BCUT2D eigenvalue weighted by atomic mass is 10.1. The van der Waals surface area contributed by atoms with Gasteiger partial charge in [0.15, 0.2) is 0 Å². The van der Waals surface area contributed by atoms with Crippen LogP contribution in [0, 0.1) is 0 Å². The molecule has 0 aliphatic carbocycles. The van der Waals surface area contributed by atoms with Crippen molar-refractivity contribution in [3.05, 3.63) is 12.7 Å². The van der Waals surface area contributed by atoms with Gasteiger partial charge in [0.2, 0.25) is 0 Å². The number of hydrogen-bond acceptors (Lipinski definition) is 5. The Bertz CT molecular complexity index is 596. The maximum Gasteiger partial charge on any atom is 0.358 e. The topological polar surface area (TPSA) is 73.1 Å². The number of thioether (sulfide) groups is 1. The third kappa shape index (κ3) is 2.63. The van der Waals surface area contributed by atoms with Crippen molar-refractivity contribution in [3.8, 4) is 0 Å². The fraction of sp³-hybridized carbons (Fsp3) is 0.462. The van der Waals surface area contributed by atoms with Gasteiger partial charge in [-0.15, -0.1) is 0 Å². The highest BCUT2D eigenvalue weighted by atomic mass is 32.2. The molecule has 2 rings (SSSR count). The summed E-state index contributed by atoms with van der Waals surface area (Å²) in [6.45, 7) is 5.59. The van der Waals surface area contributed by atoms with Gasteiger partial charge < -0.3 is 0 Å². The first-order chi connectivity index (χ1) is 9.88. The molecule has 8 heteroatoms. The summed E-state index contributed by atoms with van der Waals surface area (Å²) >= 11 is 1.26. The molecule has 21 heavy (non-hydrogen) atoms. The number of carbonyl (C=O) groups excluding carboxylic acids is 3. The summed E-state index contributed by atoms with van der Waals surface area (Å²) in [4.78, 5) is 42.3. The van der Waals surface area contributed by atoms with Crippen LogP contribution in [0.15, 0.2) is 17.6 Å². The number of amidine groups is 2. The quantitative estimate of drug-likeness (QED) is 0.548. The van der Waals surface area contributed by atoms with Gasteiger partial charge in [-0.05, 0) is 23.7 Å². The molecule has 2 aliphatic rings. The molecular formula is C13H17N4O3S+. The van der Waals surface area contributed by atoms with Crippen molar-refractivity contribution in [3.63, 3.8) is 0 Å². The molecule has 1 fully saturated rings. The second kappa shape index (κ2) is 5.80. The van der Waals surface area contributed by atoms with Crippen LogP contribution in [0.5, 0.6) is 0 Å². The molecule has 2 aliphatic heterocycles. The van der Waals surface area contributed by atoms with Crippen LogP contribution < -0.4 is 0 Å². The minimum Gasteiger partial charge on any atom is -0.299 e. The molecule has 0 radical (unpaired) electrons. The predicted octanol–water partition coefficient (Wildman–Crippen LogP) is 0.168. The zero-order valence-electron chi connectivity index (χ0n) is 12.2. The molecule has 0 N–H and O–H groups in total. The lowest BCUT2D eigenvalue weighted by molar-refractivity contribution is -0.522. The van der Waals surface area contributed by atoms with E-state index in [1.165, 1.54) is 30.6 Å². The number of likely N-dealkylation sites (N-methyl/N-ethyl adjacent to an activating group) is 2. The smallest absolute Gasteiger partial charge is 0.299 e. The number of nitrogens with zero attached hydrogens (tertiary/aromatic N) is 4. The molecule has 7 nitrogen and oxygen atoms in total. The van der Waals surface area contributed by atoms with Crippen LogP contribution in [0.3, 0.4) is 0 Å². The number of fused-ring (bicyclic) bond motifs is 1. The van der Waals surface area contributed by atoms with Gasteiger partial charge in [-0.3, -0.25) is 19.4 Å². The number of urea groups is 1. The van der Waals surface area contributed by atoms with E-state index < -0.39 is 12.1 Å². The van der Waals surface area contributed by atoms with Crippen molar-refractivity contribution in [2.24, 2.45) is 4.99 Å². The molecular weight excluding hydrogens is 292 g/mol. The van der Waals surface area contributed by atoms with Gasteiger partial charge in [0.1, 0.15) is 12.3 Å². The van der Waals surface area contributed by atoms with Gasteiger partial charge in [-0.2, -0.15) is 0 Å². The lowest BCUT2D eigenvalue weighted by Gasteiger charge is -2.30. The summed E-state index contributed by atoms with van der Waals surface area (Å²) in [5, 5.41) is 0.563. The van der Waals surface area contributed by atoms with Crippen molar-refractivity contribution in [1.82, 2.24) is 9.80 Å². The Morgan fingerprint density at radius 3 is 2.67 bits per heavy atom. The van der Waals surface area contributed by atoms with Crippen LogP contribution in [0.1, 0.15) is 6.92 Å². The highest BCUT2D eigenvalue weighted by Crippen LogP contribution is 2.22. The summed E-state index contributed by atoms with van der Waals surface area (Å²) in [5.74, 6) is 0.371. The van der Waals surface area contributed by atoms with Crippen LogP contribution >= 0.6 is 11.8 Å². The maximum absolute atomic E-state index is 12.4. The van der Waals surface area contributed by atoms with E-state index in [0.717, 1.165) is 4.90 Å². The van der Waals surface area contributed by atoms with Gasteiger partial charge in [-0.25, -0.2) is 9.37 Å². The zero-order chi connectivity index (χ0) is 15.7. The Kier molecular flexibility index (Phi) is 4.26. The Hall–Kier alpha value is -1.96. The molecule has 112 valence electrons. The predicted molar refractivity (Wildman–Crippen MR) is 80.6 cm³/mol. The lowest BCUT2D eigenvalue weighted by Crippen LogP contribution is -2.61. The average molecular weight is 309 g/mol. The molecule has 0 saturated carbocycles. The number of hydrogen-bond donors (Lipinski definition) is 0. The summed E-state index contributed by atoms with van der Waals surface area (Å²) in [6.07, 6.45) is 1.66.